The second-order valence-electron chi connectivity index (χ2n) is 5.34. The summed E-state index contributed by atoms with van der Waals surface area (Å²) in [7, 11) is 0. The Hall–Kier alpha value is -2.73. The highest BCUT2D eigenvalue weighted by Crippen LogP contribution is 2.23. The molecule has 0 N–H and O–H groups in total. The first-order chi connectivity index (χ1) is 11.5. The van der Waals surface area contributed by atoms with Gasteiger partial charge >= 0.3 is 5.97 Å². The van der Waals surface area contributed by atoms with Gasteiger partial charge in [0.1, 0.15) is 0 Å². The van der Waals surface area contributed by atoms with E-state index in [1.807, 2.05) is 42.5 Å². The number of benzene rings is 2. The van der Waals surface area contributed by atoms with Crippen LogP contribution in [0.15, 0.2) is 47.5 Å². The molecule has 1 aromatic heterocycles. The molecular formula is C18H16N2O3S. The Kier molecular flexibility index (Phi) is 4.31. The van der Waals surface area contributed by atoms with Crippen LogP contribution in [0.5, 0.6) is 5.88 Å². The van der Waals surface area contributed by atoms with E-state index in [0.29, 0.717) is 4.80 Å². The third-order valence-electron chi connectivity index (χ3n) is 3.45. The number of ether oxygens (including phenoxy) is 1. The Bertz CT molecular complexity index is 1010. The number of hydrogen-bond acceptors (Lipinski definition) is 5. The topological polar surface area (TPSA) is 60.7 Å². The van der Waals surface area contributed by atoms with Gasteiger partial charge in [0, 0.05) is 13.8 Å². The number of aryl methyl sites for hydroxylation is 1. The number of esters is 1. The van der Waals surface area contributed by atoms with Crippen molar-refractivity contribution >= 4 is 39.7 Å². The molecule has 0 saturated carbocycles. The van der Waals surface area contributed by atoms with Gasteiger partial charge in [-0.05, 0) is 29.8 Å². The smallest absolute Gasteiger partial charge is 0.309 e. The van der Waals surface area contributed by atoms with Gasteiger partial charge in [0.15, 0.2) is 4.80 Å². The van der Waals surface area contributed by atoms with Crippen LogP contribution >= 0.6 is 11.3 Å². The van der Waals surface area contributed by atoms with E-state index in [2.05, 4.69) is 4.99 Å². The van der Waals surface area contributed by atoms with Crippen molar-refractivity contribution in [2.45, 2.75) is 20.8 Å². The van der Waals surface area contributed by atoms with E-state index in [9.17, 15) is 9.59 Å². The lowest BCUT2D eigenvalue weighted by molar-refractivity contribution is -0.132. The molecule has 0 bridgehead atoms. The third-order valence-corrected chi connectivity index (χ3v) is 4.39. The average Bonchev–Trinajstić information content (AvgIpc) is 2.82. The molecule has 5 nitrogen and oxygen atoms in total. The monoisotopic (exact) mass is 340 g/mol. The zero-order valence-corrected chi connectivity index (χ0v) is 14.4. The van der Waals surface area contributed by atoms with Gasteiger partial charge < -0.3 is 4.74 Å². The highest BCUT2D eigenvalue weighted by molar-refractivity contribution is 7.09. The minimum atomic E-state index is -0.469. The summed E-state index contributed by atoms with van der Waals surface area (Å²) in [4.78, 5) is 29.1. The lowest BCUT2D eigenvalue weighted by Crippen LogP contribution is -2.22. The lowest BCUT2D eigenvalue weighted by Gasteiger charge is -2.05. The first-order valence-corrected chi connectivity index (χ1v) is 8.22. The second kappa shape index (κ2) is 6.41. The number of nitrogens with zero attached hydrogens (tertiary/aromatic N) is 2. The van der Waals surface area contributed by atoms with E-state index < -0.39 is 5.97 Å². The van der Waals surface area contributed by atoms with Crippen LogP contribution in [0.25, 0.3) is 10.8 Å². The fraction of sp³-hybridized carbons (Fsp3) is 0.167. The minimum Gasteiger partial charge on any atom is -0.408 e. The molecule has 6 heteroatoms. The van der Waals surface area contributed by atoms with Crippen LogP contribution < -0.4 is 9.54 Å². The molecule has 0 unspecified atom stereocenters. The van der Waals surface area contributed by atoms with Gasteiger partial charge in [0.25, 0.3) is 0 Å². The number of thiazole rings is 1. The van der Waals surface area contributed by atoms with Gasteiger partial charge in [-0.2, -0.15) is 0 Å². The summed E-state index contributed by atoms with van der Waals surface area (Å²) in [6.07, 6.45) is 0. The lowest BCUT2D eigenvalue weighted by atomic mass is 10.1. The largest absolute Gasteiger partial charge is 0.408 e. The maximum absolute atomic E-state index is 12.0. The molecule has 0 saturated heterocycles. The zero-order valence-electron chi connectivity index (χ0n) is 13.6. The van der Waals surface area contributed by atoms with Gasteiger partial charge in [-0.3, -0.25) is 9.59 Å². The van der Waals surface area contributed by atoms with Crippen molar-refractivity contribution < 1.29 is 14.3 Å². The number of hydrogen-bond donors (Lipinski definition) is 0. The molecule has 0 spiro atoms. The summed E-state index contributed by atoms with van der Waals surface area (Å²) in [5, 5.41) is 2.19. The van der Waals surface area contributed by atoms with Gasteiger partial charge in [-0.1, -0.05) is 41.7 Å². The molecule has 3 rings (SSSR count). The fourth-order valence-corrected chi connectivity index (χ4v) is 3.38. The van der Waals surface area contributed by atoms with E-state index in [1.165, 1.54) is 29.8 Å². The van der Waals surface area contributed by atoms with Crippen molar-refractivity contribution in [2.75, 3.05) is 0 Å². The van der Waals surface area contributed by atoms with Crippen molar-refractivity contribution in [3.05, 3.63) is 52.1 Å². The molecule has 0 aliphatic rings. The van der Waals surface area contributed by atoms with Gasteiger partial charge in [0.05, 0.1) is 10.6 Å². The molecular weight excluding hydrogens is 324 g/mol. The number of rotatable bonds is 2. The van der Waals surface area contributed by atoms with E-state index in [-0.39, 0.29) is 11.8 Å². The van der Waals surface area contributed by atoms with Crippen molar-refractivity contribution in [3.63, 3.8) is 0 Å². The predicted molar refractivity (Wildman–Crippen MR) is 93.8 cm³/mol. The molecule has 2 aromatic carbocycles. The number of fused-ring (bicyclic) bond motifs is 1. The van der Waals surface area contributed by atoms with Crippen LogP contribution in [0.4, 0.5) is 5.69 Å². The summed E-state index contributed by atoms with van der Waals surface area (Å²) in [5.41, 5.74) is 0.735. The van der Waals surface area contributed by atoms with Crippen LogP contribution in [0.3, 0.4) is 0 Å². The van der Waals surface area contributed by atoms with Crippen LogP contribution in [-0.4, -0.2) is 16.4 Å². The van der Waals surface area contributed by atoms with Crippen LogP contribution in [-0.2, 0) is 4.79 Å². The molecule has 0 aliphatic carbocycles. The second-order valence-corrected chi connectivity index (χ2v) is 6.52. The Morgan fingerprint density at radius 1 is 1.08 bits per heavy atom. The molecule has 1 heterocycles. The van der Waals surface area contributed by atoms with Crippen molar-refractivity contribution in [1.82, 2.24) is 4.57 Å². The average molecular weight is 340 g/mol. The van der Waals surface area contributed by atoms with Crippen molar-refractivity contribution in [3.8, 4) is 5.88 Å². The molecule has 3 aromatic rings. The van der Waals surface area contributed by atoms with E-state index in [0.717, 1.165) is 21.3 Å². The highest BCUT2D eigenvalue weighted by Gasteiger charge is 2.17. The molecule has 0 fully saturated rings. The molecule has 122 valence electrons. The van der Waals surface area contributed by atoms with Crippen molar-refractivity contribution in [1.29, 1.82) is 0 Å². The standard InChI is InChI=1S/C18H16N2O3S/c1-11-17(23-13(3)22)20(12(2)21)18(24-11)19-16-9-8-14-6-4-5-7-15(14)10-16/h4-10H,1-3H3. The number of carbonyl (C=O) groups excluding carboxylic acids is 2. The Labute approximate surface area is 142 Å². The molecule has 0 radical (unpaired) electrons. The Morgan fingerprint density at radius 2 is 1.79 bits per heavy atom. The first kappa shape index (κ1) is 16.1. The molecule has 24 heavy (non-hydrogen) atoms. The summed E-state index contributed by atoms with van der Waals surface area (Å²) < 4.78 is 6.51. The zero-order chi connectivity index (χ0) is 17.3. The van der Waals surface area contributed by atoms with Gasteiger partial charge in [-0.25, -0.2) is 9.56 Å². The predicted octanol–water partition coefficient (Wildman–Crippen LogP) is 3.83. The minimum absolute atomic E-state index is 0.236. The summed E-state index contributed by atoms with van der Waals surface area (Å²) >= 11 is 1.31. The maximum atomic E-state index is 12.0. The molecule has 0 amide bonds. The number of aromatic nitrogens is 1. The summed E-state index contributed by atoms with van der Waals surface area (Å²) in [6.45, 7) is 4.52. The highest BCUT2D eigenvalue weighted by atomic mass is 32.1. The number of carbonyl (C=O) groups is 2. The van der Waals surface area contributed by atoms with Crippen LogP contribution in [0.2, 0.25) is 0 Å². The van der Waals surface area contributed by atoms with Crippen LogP contribution in [0, 0.1) is 6.92 Å². The normalized spacial score (nSPS) is 11.7. The van der Waals surface area contributed by atoms with Crippen LogP contribution in [0.1, 0.15) is 23.5 Å². The van der Waals surface area contributed by atoms with E-state index in [1.54, 1.807) is 6.92 Å². The van der Waals surface area contributed by atoms with E-state index >= 15 is 0 Å². The third kappa shape index (κ3) is 3.14. The van der Waals surface area contributed by atoms with Gasteiger partial charge in [-0.15, -0.1) is 0 Å². The van der Waals surface area contributed by atoms with Crippen molar-refractivity contribution in [2.24, 2.45) is 4.99 Å². The Morgan fingerprint density at radius 3 is 2.46 bits per heavy atom. The van der Waals surface area contributed by atoms with E-state index in [4.69, 9.17) is 4.74 Å². The quantitative estimate of drug-likeness (QED) is 0.666. The SMILES string of the molecule is CC(=O)Oc1c(C)sc(=Nc2ccc3ccccc3c2)n1C(C)=O. The Balaban J connectivity index is 2.18. The summed E-state index contributed by atoms with van der Waals surface area (Å²) in [6, 6.07) is 13.8. The first-order valence-electron chi connectivity index (χ1n) is 7.41. The fourth-order valence-electron chi connectivity index (χ4n) is 2.43. The molecule has 0 aliphatic heterocycles. The maximum Gasteiger partial charge on any atom is 0.309 e. The molecule has 0 atom stereocenters. The van der Waals surface area contributed by atoms with Gasteiger partial charge in [0.2, 0.25) is 11.8 Å². The summed E-state index contributed by atoms with van der Waals surface area (Å²) in [5.74, 6) is -0.488.